The predicted molar refractivity (Wildman–Crippen MR) is 60.3 cm³/mol. The molecule has 1 aliphatic rings. The van der Waals surface area contributed by atoms with Gasteiger partial charge >= 0.3 is 0 Å². The number of aromatic nitrogens is 2. The number of furan rings is 1. The van der Waals surface area contributed by atoms with Crippen molar-refractivity contribution in [2.75, 3.05) is 7.05 Å². The highest BCUT2D eigenvalue weighted by Crippen LogP contribution is 2.29. The van der Waals surface area contributed by atoms with Crippen LogP contribution < -0.4 is 0 Å². The molecular weight excluding hydrogens is 218 g/mol. The molecule has 0 aromatic carbocycles. The van der Waals surface area contributed by atoms with Crippen molar-refractivity contribution in [3.63, 3.8) is 0 Å². The van der Waals surface area contributed by atoms with Crippen molar-refractivity contribution in [3.8, 4) is 11.5 Å². The van der Waals surface area contributed by atoms with Gasteiger partial charge in [0, 0.05) is 7.05 Å². The Morgan fingerprint density at radius 2 is 2.18 bits per heavy atom. The van der Waals surface area contributed by atoms with Crippen LogP contribution in [0.1, 0.15) is 21.8 Å². The predicted octanol–water partition coefficient (Wildman–Crippen LogP) is 1.63. The van der Waals surface area contributed by atoms with Crippen LogP contribution in [-0.4, -0.2) is 27.8 Å². The molecule has 0 atom stereocenters. The lowest BCUT2D eigenvalue weighted by atomic mass is 10.1. The minimum atomic E-state index is -0.0512. The summed E-state index contributed by atoms with van der Waals surface area (Å²) in [6.07, 6.45) is 1.47. The topological polar surface area (TPSA) is 59.2 Å². The lowest BCUT2D eigenvalue weighted by molar-refractivity contribution is 0.0816. The summed E-state index contributed by atoms with van der Waals surface area (Å²) in [6, 6.07) is 3.68. The average Bonchev–Trinajstić information content (AvgIpc) is 2.85. The van der Waals surface area contributed by atoms with Crippen LogP contribution in [0.15, 0.2) is 22.9 Å². The number of carbonyl (C=O) groups excluding carboxylic acids is 1. The van der Waals surface area contributed by atoms with Gasteiger partial charge in [0.1, 0.15) is 17.8 Å². The maximum Gasteiger partial charge on any atom is 0.258 e. The largest absolute Gasteiger partial charge is 0.460 e. The quantitative estimate of drug-likeness (QED) is 0.745. The zero-order valence-corrected chi connectivity index (χ0v) is 9.60. The average molecular weight is 229 g/mol. The van der Waals surface area contributed by atoms with Crippen LogP contribution in [0.5, 0.6) is 0 Å². The van der Waals surface area contributed by atoms with Crippen molar-refractivity contribution < 1.29 is 9.21 Å². The molecule has 2 aromatic heterocycles. The molecule has 0 spiro atoms. The number of amides is 1. The Bertz CT molecular complexity index is 604. The summed E-state index contributed by atoms with van der Waals surface area (Å²) >= 11 is 0. The van der Waals surface area contributed by atoms with Crippen LogP contribution in [0, 0.1) is 6.92 Å². The molecule has 2 aromatic rings. The molecule has 0 fully saturated rings. The highest BCUT2D eigenvalue weighted by Gasteiger charge is 2.30. The van der Waals surface area contributed by atoms with E-state index in [9.17, 15) is 4.79 Å². The summed E-state index contributed by atoms with van der Waals surface area (Å²) in [4.78, 5) is 21.9. The molecule has 0 radical (unpaired) electrons. The molecule has 0 unspecified atom stereocenters. The van der Waals surface area contributed by atoms with Gasteiger partial charge in [0.05, 0.1) is 17.8 Å². The Labute approximate surface area is 98.1 Å². The number of hydrogen-bond donors (Lipinski definition) is 0. The normalized spacial score (nSPS) is 14.2. The summed E-state index contributed by atoms with van der Waals surface area (Å²) in [7, 11) is 1.75. The van der Waals surface area contributed by atoms with Gasteiger partial charge in [0.15, 0.2) is 5.76 Å². The Kier molecular flexibility index (Phi) is 2.01. The smallest absolute Gasteiger partial charge is 0.258 e. The summed E-state index contributed by atoms with van der Waals surface area (Å²) in [5, 5.41) is 0. The highest BCUT2D eigenvalue weighted by atomic mass is 16.3. The Morgan fingerprint density at radius 3 is 2.88 bits per heavy atom. The van der Waals surface area contributed by atoms with Crippen LogP contribution >= 0.6 is 0 Å². The van der Waals surface area contributed by atoms with Gasteiger partial charge in [-0.05, 0) is 19.1 Å². The molecule has 3 heterocycles. The first-order valence-electron chi connectivity index (χ1n) is 5.33. The fraction of sp³-hybridized carbons (Fsp3) is 0.250. The van der Waals surface area contributed by atoms with E-state index in [1.54, 1.807) is 11.9 Å². The second-order valence-corrected chi connectivity index (χ2v) is 4.12. The van der Waals surface area contributed by atoms with Gasteiger partial charge in [-0.15, -0.1) is 0 Å². The monoisotopic (exact) mass is 229 g/mol. The molecule has 5 heteroatoms. The van der Waals surface area contributed by atoms with Crippen LogP contribution in [-0.2, 0) is 6.54 Å². The molecule has 0 N–H and O–H groups in total. The number of aryl methyl sites for hydroxylation is 1. The molecule has 1 aliphatic heterocycles. The summed E-state index contributed by atoms with van der Waals surface area (Å²) < 4.78 is 5.52. The highest BCUT2D eigenvalue weighted by molar-refractivity contribution is 6.02. The van der Waals surface area contributed by atoms with Crippen molar-refractivity contribution >= 4 is 5.91 Å². The first-order valence-corrected chi connectivity index (χ1v) is 5.33. The minimum absolute atomic E-state index is 0.0512. The lowest BCUT2D eigenvalue weighted by Crippen LogP contribution is -2.18. The molecule has 0 bridgehead atoms. The van der Waals surface area contributed by atoms with Gasteiger partial charge in [0.25, 0.3) is 5.91 Å². The molecule has 3 rings (SSSR count). The molecule has 0 saturated heterocycles. The van der Waals surface area contributed by atoms with E-state index in [2.05, 4.69) is 9.97 Å². The first kappa shape index (κ1) is 10.0. The van der Waals surface area contributed by atoms with Gasteiger partial charge < -0.3 is 9.32 Å². The number of fused-ring (bicyclic) bond motifs is 1. The summed E-state index contributed by atoms with van der Waals surface area (Å²) in [6.45, 7) is 2.39. The second kappa shape index (κ2) is 3.41. The molecule has 0 saturated carbocycles. The van der Waals surface area contributed by atoms with E-state index in [0.29, 0.717) is 23.6 Å². The van der Waals surface area contributed by atoms with Crippen molar-refractivity contribution in [1.82, 2.24) is 14.9 Å². The fourth-order valence-corrected chi connectivity index (χ4v) is 2.00. The van der Waals surface area contributed by atoms with Gasteiger partial charge in [-0.2, -0.15) is 0 Å². The van der Waals surface area contributed by atoms with Crippen LogP contribution in [0.25, 0.3) is 11.5 Å². The van der Waals surface area contributed by atoms with E-state index in [-0.39, 0.29) is 5.91 Å². The first-order chi connectivity index (χ1) is 8.16. The number of carbonyl (C=O) groups is 1. The molecule has 86 valence electrons. The molecule has 5 nitrogen and oxygen atoms in total. The molecule has 0 aliphatic carbocycles. The Hall–Kier alpha value is -2.17. The zero-order valence-electron chi connectivity index (χ0n) is 9.60. The number of hydrogen-bond acceptors (Lipinski definition) is 4. The van der Waals surface area contributed by atoms with Gasteiger partial charge in [-0.3, -0.25) is 4.79 Å². The third kappa shape index (κ3) is 1.43. The van der Waals surface area contributed by atoms with E-state index in [1.807, 2.05) is 19.1 Å². The summed E-state index contributed by atoms with van der Waals surface area (Å²) in [5.41, 5.74) is 1.90. The summed E-state index contributed by atoms with van der Waals surface area (Å²) in [5.74, 6) is 1.36. The zero-order chi connectivity index (χ0) is 12.0. The molecule has 17 heavy (non-hydrogen) atoms. The lowest BCUT2D eigenvalue weighted by Gasteiger charge is -2.05. The van der Waals surface area contributed by atoms with Gasteiger partial charge in [-0.1, -0.05) is 0 Å². The van der Waals surface area contributed by atoms with Gasteiger partial charge in [0.2, 0.25) is 0 Å². The minimum Gasteiger partial charge on any atom is -0.460 e. The van der Waals surface area contributed by atoms with Crippen molar-refractivity contribution in [3.05, 3.63) is 35.5 Å². The Balaban J connectivity index is 2.20. The van der Waals surface area contributed by atoms with E-state index in [1.165, 1.54) is 6.33 Å². The van der Waals surface area contributed by atoms with Gasteiger partial charge in [-0.25, -0.2) is 9.97 Å². The number of nitrogens with zero attached hydrogens (tertiary/aromatic N) is 3. The molecule has 1 amide bonds. The van der Waals surface area contributed by atoms with Crippen molar-refractivity contribution in [2.24, 2.45) is 0 Å². The standard InChI is InChI=1S/C12H11N3O2/c1-7-3-4-9(17-7)11-10-8(13-6-14-11)5-15(2)12(10)16/h3-4,6H,5H2,1-2H3. The Morgan fingerprint density at radius 1 is 1.35 bits per heavy atom. The van der Waals surface area contributed by atoms with Crippen LogP contribution in [0.4, 0.5) is 0 Å². The van der Waals surface area contributed by atoms with Crippen molar-refractivity contribution in [2.45, 2.75) is 13.5 Å². The van der Waals surface area contributed by atoms with E-state index in [0.717, 1.165) is 11.5 Å². The molecular formula is C12H11N3O2. The van der Waals surface area contributed by atoms with Crippen LogP contribution in [0.2, 0.25) is 0 Å². The van der Waals surface area contributed by atoms with E-state index in [4.69, 9.17) is 4.42 Å². The maximum atomic E-state index is 12.0. The maximum absolute atomic E-state index is 12.0. The fourth-order valence-electron chi connectivity index (χ4n) is 2.00. The third-order valence-corrected chi connectivity index (χ3v) is 2.85. The second-order valence-electron chi connectivity index (χ2n) is 4.12. The van der Waals surface area contributed by atoms with E-state index < -0.39 is 0 Å². The van der Waals surface area contributed by atoms with E-state index >= 15 is 0 Å². The SMILES string of the molecule is Cc1ccc(-c2ncnc3c2C(=O)N(C)C3)o1. The van der Waals surface area contributed by atoms with Crippen molar-refractivity contribution in [1.29, 1.82) is 0 Å². The number of rotatable bonds is 1. The third-order valence-electron chi connectivity index (χ3n) is 2.85. The van der Waals surface area contributed by atoms with Crippen LogP contribution in [0.3, 0.4) is 0 Å².